The Morgan fingerprint density at radius 3 is 2.35 bits per heavy atom. The average Bonchev–Trinajstić information content (AvgIpc) is 3.23. The molecule has 1 N–H and O–H groups in total. The molecule has 1 atom stereocenters. The van der Waals surface area contributed by atoms with Crippen LogP contribution in [0.3, 0.4) is 0 Å². The van der Waals surface area contributed by atoms with Crippen molar-refractivity contribution in [3.8, 4) is 0 Å². The Hall–Kier alpha value is -2.34. The summed E-state index contributed by atoms with van der Waals surface area (Å²) < 4.78 is 53.8. The molecule has 1 fully saturated rings. The summed E-state index contributed by atoms with van der Waals surface area (Å²) in [4.78, 5) is 19.1. The molecule has 0 aliphatic carbocycles. The first-order valence-electron chi connectivity index (χ1n) is 10.1. The van der Waals surface area contributed by atoms with E-state index in [4.69, 9.17) is 0 Å². The Balaban J connectivity index is 0.00000166. The second-order valence-electron chi connectivity index (χ2n) is 6.78. The molecular formula is C19H27F3N6O2S. The molecule has 3 heterocycles. The van der Waals surface area contributed by atoms with Crippen molar-refractivity contribution in [1.29, 1.82) is 0 Å². The minimum absolute atomic E-state index is 0.0155. The van der Waals surface area contributed by atoms with Crippen molar-refractivity contribution in [2.75, 3.05) is 18.4 Å². The van der Waals surface area contributed by atoms with Crippen LogP contribution in [0.25, 0.3) is 0 Å². The number of carbonyl (C=O) groups excluding carboxylic acids is 1. The van der Waals surface area contributed by atoms with E-state index in [9.17, 15) is 22.2 Å². The summed E-state index contributed by atoms with van der Waals surface area (Å²) in [6, 6.07) is -0.0155. The van der Waals surface area contributed by atoms with Crippen molar-refractivity contribution in [2.45, 2.75) is 63.7 Å². The number of halogens is 3. The van der Waals surface area contributed by atoms with Crippen LogP contribution in [0.5, 0.6) is 0 Å². The smallest absolute Gasteiger partial charge is 0.351 e. The Kier molecular flexibility index (Phi) is 9.11. The molecule has 0 radical (unpaired) electrons. The van der Waals surface area contributed by atoms with Crippen LogP contribution in [0.4, 0.5) is 19.1 Å². The summed E-state index contributed by atoms with van der Waals surface area (Å²) in [5.41, 5.74) is -0.892. The van der Waals surface area contributed by atoms with Gasteiger partial charge in [0.1, 0.15) is 16.8 Å². The van der Waals surface area contributed by atoms with Gasteiger partial charge in [0.25, 0.3) is 0 Å². The van der Waals surface area contributed by atoms with E-state index in [1.54, 1.807) is 10.9 Å². The van der Waals surface area contributed by atoms with E-state index < -0.39 is 22.7 Å². The summed E-state index contributed by atoms with van der Waals surface area (Å²) in [5, 5.41) is 7.16. The highest BCUT2D eigenvalue weighted by atomic mass is 32.2. The van der Waals surface area contributed by atoms with Crippen LogP contribution in [-0.2, 0) is 28.5 Å². The lowest BCUT2D eigenvalue weighted by atomic mass is 10.1. The number of ketones is 1. The van der Waals surface area contributed by atoms with Gasteiger partial charge >= 0.3 is 6.18 Å². The zero-order chi connectivity index (χ0) is 23.0. The number of hydrogen-bond acceptors (Lipinski definition) is 6. The van der Waals surface area contributed by atoms with Gasteiger partial charge in [0.05, 0.1) is 16.7 Å². The SMILES string of the molecule is CC.CC(=O)CCn1cc(S(=O)N2CCC(Nc3ncc(C(F)(F)F)cn3)CC2)cn1. The molecule has 172 valence electrons. The first-order valence-corrected chi connectivity index (χ1v) is 11.2. The number of carbonyl (C=O) groups is 1. The van der Waals surface area contributed by atoms with Crippen LogP contribution < -0.4 is 5.32 Å². The lowest BCUT2D eigenvalue weighted by molar-refractivity contribution is -0.138. The van der Waals surface area contributed by atoms with Crippen LogP contribution in [-0.4, -0.2) is 53.2 Å². The highest BCUT2D eigenvalue weighted by Gasteiger charge is 2.31. The molecule has 3 rings (SSSR count). The lowest BCUT2D eigenvalue weighted by Crippen LogP contribution is -2.40. The monoisotopic (exact) mass is 460 g/mol. The van der Waals surface area contributed by atoms with Gasteiger partial charge in [0.2, 0.25) is 5.95 Å². The van der Waals surface area contributed by atoms with E-state index in [1.165, 1.54) is 13.1 Å². The molecule has 0 amide bonds. The number of rotatable bonds is 7. The van der Waals surface area contributed by atoms with Gasteiger partial charge in [-0.1, -0.05) is 13.8 Å². The fraction of sp³-hybridized carbons (Fsp3) is 0.579. The fourth-order valence-electron chi connectivity index (χ4n) is 2.88. The highest BCUT2D eigenvalue weighted by molar-refractivity contribution is 7.82. The lowest BCUT2D eigenvalue weighted by Gasteiger charge is -2.30. The largest absolute Gasteiger partial charge is 0.419 e. The third-order valence-corrected chi connectivity index (χ3v) is 5.95. The molecule has 8 nitrogen and oxygen atoms in total. The number of nitrogens with one attached hydrogen (secondary N) is 1. The van der Waals surface area contributed by atoms with Crippen LogP contribution in [0.2, 0.25) is 0 Å². The summed E-state index contributed by atoms with van der Waals surface area (Å²) >= 11 is 0. The maximum absolute atomic E-state index is 12.7. The highest BCUT2D eigenvalue weighted by Crippen LogP contribution is 2.28. The molecule has 31 heavy (non-hydrogen) atoms. The Morgan fingerprint density at radius 1 is 1.19 bits per heavy atom. The number of aromatic nitrogens is 4. The van der Waals surface area contributed by atoms with E-state index in [2.05, 4.69) is 20.4 Å². The number of nitrogens with zero attached hydrogens (tertiary/aromatic N) is 5. The van der Waals surface area contributed by atoms with E-state index >= 15 is 0 Å². The molecule has 1 unspecified atom stereocenters. The molecule has 0 saturated carbocycles. The normalized spacial score (nSPS) is 16.3. The Labute approximate surface area is 181 Å². The molecule has 2 aromatic heterocycles. The van der Waals surface area contributed by atoms with E-state index in [0.29, 0.717) is 43.8 Å². The number of piperidine rings is 1. The average molecular weight is 461 g/mol. The minimum Gasteiger partial charge on any atom is -0.351 e. The molecule has 0 spiro atoms. The van der Waals surface area contributed by atoms with Crippen molar-refractivity contribution in [3.05, 3.63) is 30.4 Å². The predicted octanol–water partition coefficient (Wildman–Crippen LogP) is 3.30. The molecule has 2 aromatic rings. The predicted molar refractivity (Wildman–Crippen MR) is 111 cm³/mol. The molecule has 0 bridgehead atoms. The van der Waals surface area contributed by atoms with Gasteiger partial charge in [0, 0.05) is 50.7 Å². The van der Waals surface area contributed by atoms with Crippen LogP contribution >= 0.6 is 0 Å². The maximum atomic E-state index is 12.7. The Morgan fingerprint density at radius 2 is 1.81 bits per heavy atom. The second kappa shape index (κ2) is 11.3. The minimum atomic E-state index is -4.46. The van der Waals surface area contributed by atoms with Crippen LogP contribution in [0.1, 0.15) is 45.6 Å². The number of aryl methyl sites for hydroxylation is 1. The van der Waals surface area contributed by atoms with E-state index in [1.807, 2.05) is 18.2 Å². The first-order chi connectivity index (χ1) is 14.7. The first kappa shape index (κ1) is 24.9. The molecule has 0 aromatic carbocycles. The van der Waals surface area contributed by atoms with Crippen molar-refractivity contribution in [3.63, 3.8) is 0 Å². The number of Topliss-reactive ketones (excluding diaryl/α,β-unsaturated/α-hetero) is 1. The third-order valence-electron chi connectivity index (χ3n) is 4.50. The van der Waals surface area contributed by atoms with Gasteiger partial charge in [-0.05, 0) is 19.8 Å². The summed E-state index contributed by atoms with van der Waals surface area (Å²) in [6.07, 6.45) is 1.93. The zero-order valence-corrected chi connectivity index (χ0v) is 18.5. The molecule has 1 aliphatic rings. The van der Waals surface area contributed by atoms with E-state index in [0.717, 1.165) is 12.4 Å². The van der Waals surface area contributed by atoms with E-state index in [-0.39, 0.29) is 17.8 Å². The maximum Gasteiger partial charge on any atom is 0.419 e. The topological polar surface area (TPSA) is 93.0 Å². The van der Waals surface area contributed by atoms with Gasteiger partial charge in [-0.3, -0.25) is 9.48 Å². The summed E-state index contributed by atoms with van der Waals surface area (Å²) in [5.74, 6) is 0.207. The van der Waals surface area contributed by atoms with Crippen molar-refractivity contribution in [1.82, 2.24) is 24.1 Å². The number of alkyl halides is 3. The zero-order valence-electron chi connectivity index (χ0n) is 17.7. The summed E-state index contributed by atoms with van der Waals surface area (Å²) in [6.45, 7) is 7.05. The fourth-order valence-corrected chi connectivity index (χ4v) is 4.07. The second-order valence-corrected chi connectivity index (χ2v) is 8.27. The van der Waals surface area contributed by atoms with Crippen molar-refractivity contribution in [2.24, 2.45) is 0 Å². The van der Waals surface area contributed by atoms with Gasteiger partial charge in [-0.2, -0.15) is 18.3 Å². The standard InChI is InChI=1S/C17H21F3N6O2S.C2H6/c1-12(27)2-5-25-11-15(10-23-25)29(28)26-6-3-14(4-7-26)24-16-21-8-13(9-22-16)17(18,19)20;1-2/h8-11,14H,2-7H2,1H3,(H,21,22,24);1-2H3. The number of hydrogen-bond donors (Lipinski definition) is 1. The summed E-state index contributed by atoms with van der Waals surface area (Å²) in [7, 11) is -1.36. The number of anilines is 1. The Bertz CT molecular complexity index is 864. The van der Waals surface area contributed by atoms with Gasteiger partial charge < -0.3 is 5.32 Å². The molecule has 12 heteroatoms. The van der Waals surface area contributed by atoms with Crippen molar-refractivity contribution >= 4 is 22.7 Å². The molecule has 1 saturated heterocycles. The molecular weight excluding hydrogens is 433 g/mol. The quantitative estimate of drug-likeness (QED) is 0.682. The van der Waals surface area contributed by atoms with Crippen LogP contribution in [0, 0.1) is 0 Å². The van der Waals surface area contributed by atoms with Crippen LogP contribution in [0.15, 0.2) is 29.7 Å². The molecule has 1 aliphatic heterocycles. The van der Waals surface area contributed by atoms with Crippen molar-refractivity contribution < 1.29 is 22.2 Å². The third kappa shape index (κ3) is 7.39. The van der Waals surface area contributed by atoms with Gasteiger partial charge in [-0.15, -0.1) is 0 Å². The van der Waals surface area contributed by atoms with Gasteiger partial charge in [0.15, 0.2) is 0 Å². The van der Waals surface area contributed by atoms with Gasteiger partial charge in [-0.25, -0.2) is 18.5 Å².